The van der Waals surface area contributed by atoms with Gasteiger partial charge in [-0.25, -0.2) is 4.79 Å². The van der Waals surface area contributed by atoms with Crippen molar-refractivity contribution in [2.45, 2.75) is 6.92 Å². The van der Waals surface area contributed by atoms with Gasteiger partial charge in [0.05, 0.1) is 6.54 Å². The third-order valence-electron chi connectivity index (χ3n) is 2.83. The zero-order chi connectivity index (χ0) is 15.0. The Morgan fingerprint density at radius 2 is 2.05 bits per heavy atom. The van der Waals surface area contributed by atoms with Gasteiger partial charge in [0.1, 0.15) is 17.9 Å². The van der Waals surface area contributed by atoms with Crippen LogP contribution in [-0.2, 0) is 4.79 Å². The first-order valence-electron chi connectivity index (χ1n) is 6.46. The van der Waals surface area contributed by atoms with Crippen molar-refractivity contribution >= 4 is 11.9 Å². The fourth-order valence-electron chi connectivity index (χ4n) is 1.51. The highest BCUT2D eigenvalue weighted by Gasteiger charge is 2.10. The smallest absolute Gasteiger partial charge is 0.339 e. The van der Waals surface area contributed by atoms with Gasteiger partial charge in [0.25, 0.3) is 0 Å². The number of aromatic carboxylic acids is 1. The number of amides is 1. The third-order valence-corrected chi connectivity index (χ3v) is 2.83. The minimum atomic E-state index is -1.02. The van der Waals surface area contributed by atoms with Gasteiger partial charge >= 0.3 is 5.97 Å². The second-order valence-corrected chi connectivity index (χ2v) is 4.23. The molecule has 0 bridgehead atoms. The average molecular weight is 280 g/mol. The van der Waals surface area contributed by atoms with Crippen LogP contribution < -0.4 is 10.1 Å². The highest BCUT2D eigenvalue weighted by Crippen LogP contribution is 2.17. The van der Waals surface area contributed by atoms with Gasteiger partial charge in [-0.2, -0.15) is 0 Å². The van der Waals surface area contributed by atoms with Gasteiger partial charge in [-0.1, -0.05) is 12.1 Å². The van der Waals surface area contributed by atoms with E-state index < -0.39 is 5.97 Å². The fraction of sp³-hybridized carbons (Fsp3) is 0.429. The number of carbonyl (C=O) groups excluding carboxylic acids is 1. The Morgan fingerprint density at radius 1 is 1.35 bits per heavy atom. The molecule has 1 aromatic carbocycles. The molecule has 0 heterocycles. The molecule has 0 atom stereocenters. The molecule has 0 aliphatic carbocycles. The maximum absolute atomic E-state index is 11.5. The number of nitrogens with zero attached hydrogens (tertiary/aromatic N) is 1. The minimum absolute atomic E-state index is 0.0124. The van der Waals surface area contributed by atoms with E-state index in [-0.39, 0.29) is 18.0 Å². The van der Waals surface area contributed by atoms with Crippen molar-refractivity contribution in [2.24, 2.45) is 0 Å². The summed E-state index contributed by atoms with van der Waals surface area (Å²) in [5.74, 6) is -0.675. The Kier molecular flexibility index (Phi) is 6.52. The van der Waals surface area contributed by atoms with Gasteiger partial charge < -0.3 is 20.1 Å². The topological polar surface area (TPSA) is 78.9 Å². The van der Waals surface area contributed by atoms with E-state index in [0.717, 1.165) is 0 Å². The molecule has 1 amide bonds. The Hall–Kier alpha value is -2.08. The number of carboxylic acids is 1. The fourth-order valence-corrected chi connectivity index (χ4v) is 1.51. The summed E-state index contributed by atoms with van der Waals surface area (Å²) in [6.07, 6.45) is 0. The predicted molar refractivity (Wildman–Crippen MR) is 75.1 cm³/mol. The molecule has 0 saturated carbocycles. The van der Waals surface area contributed by atoms with Gasteiger partial charge in [0.2, 0.25) is 5.91 Å². The summed E-state index contributed by atoms with van der Waals surface area (Å²) >= 11 is 0. The highest BCUT2D eigenvalue weighted by atomic mass is 16.5. The summed E-state index contributed by atoms with van der Waals surface area (Å²) in [7, 11) is 1.74. The number of hydrogen-bond donors (Lipinski definition) is 2. The van der Waals surface area contributed by atoms with Gasteiger partial charge in [-0.05, 0) is 19.1 Å². The normalized spacial score (nSPS) is 10.1. The second kappa shape index (κ2) is 8.16. The van der Waals surface area contributed by atoms with E-state index in [9.17, 15) is 9.59 Å². The Morgan fingerprint density at radius 3 is 2.70 bits per heavy atom. The van der Waals surface area contributed by atoms with Crippen molar-refractivity contribution in [3.63, 3.8) is 0 Å². The SMILES string of the molecule is CCN(C)C(=O)CNCCOc1ccccc1C(=O)O. The molecule has 0 unspecified atom stereocenters. The molecule has 6 heteroatoms. The van der Waals surface area contributed by atoms with Crippen molar-refractivity contribution in [2.75, 3.05) is 33.3 Å². The number of carbonyl (C=O) groups is 2. The van der Waals surface area contributed by atoms with Crippen LogP contribution in [-0.4, -0.2) is 55.2 Å². The lowest BCUT2D eigenvalue weighted by Gasteiger charge is -2.15. The van der Waals surface area contributed by atoms with Crippen molar-refractivity contribution in [3.8, 4) is 5.75 Å². The molecule has 1 aromatic rings. The van der Waals surface area contributed by atoms with E-state index in [4.69, 9.17) is 9.84 Å². The monoisotopic (exact) mass is 280 g/mol. The molecule has 0 aromatic heterocycles. The summed E-state index contributed by atoms with van der Waals surface area (Å²) in [5, 5.41) is 11.9. The van der Waals surface area contributed by atoms with Crippen LogP contribution in [0.25, 0.3) is 0 Å². The summed E-state index contributed by atoms with van der Waals surface area (Å²) in [6.45, 7) is 3.59. The summed E-state index contributed by atoms with van der Waals surface area (Å²) in [6, 6.07) is 6.47. The zero-order valence-corrected chi connectivity index (χ0v) is 11.8. The molecule has 20 heavy (non-hydrogen) atoms. The number of rotatable bonds is 8. The number of para-hydroxylation sites is 1. The quantitative estimate of drug-likeness (QED) is 0.690. The van der Waals surface area contributed by atoms with Gasteiger partial charge in [-0.3, -0.25) is 4.79 Å². The molecule has 0 radical (unpaired) electrons. The zero-order valence-electron chi connectivity index (χ0n) is 11.8. The summed E-state index contributed by atoms with van der Waals surface area (Å²) in [4.78, 5) is 24.1. The molecule has 2 N–H and O–H groups in total. The van der Waals surface area contributed by atoms with Crippen LogP contribution in [0.3, 0.4) is 0 Å². The largest absolute Gasteiger partial charge is 0.491 e. The van der Waals surface area contributed by atoms with Gasteiger partial charge in [-0.15, -0.1) is 0 Å². The molecular weight excluding hydrogens is 260 g/mol. The predicted octanol–water partition coefficient (Wildman–Crippen LogP) is 0.832. The number of likely N-dealkylation sites (N-methyl/N-ethyl adjacent to an activating group) is 1. The molecule has 0 aliphatic rings. The van der Waals surface area contributed by atoms with E-state index in [0.29, 0.717) is 25.4 Å². The highest BCUT2D eigenvalue weighted by molar-refractivity contribution is 5.90. The number of benzene rings is 1. The maximum Gasteiger partial charge on any atom is 0.339 e. The third kappa shape index (κ3) is 4.89. The first-order chi connectivity index (χ1) is 9.56. The first kappa shape index (κ1) is 16.0. The van der Waals surface area contributed by atoms with Crippen LogP contribution in [0.15, 0.2) is 24.3 Å². The molecule has 6 nitrogen and oxygen atoms in total. The van der Waals surface area contributed by atoms with Crippen LogP contribution >= 0.6 is 0 Å². The van der Waals surface area contributed by atoms with E-state index in [1.165, 1.54) is 6.07 Å². The first-order valence-corrected chi connectivity index (χ1v) is 6.46. The van der Waals surface area contributed by atoms with Crippen molar-refractivity contribution < 1.29 is 19.4 Å². The number of carboxylic acid groups (broad SMARTS) is 1. The van der Waals surface area contributed by atoms with Crippen molar-refractivity contribution in [3.05, 3.63) is 29.8 Å². The summed E-state index contributed by atoms with van der Waals surface area (Å²) < 4.78 is 5.40. The minimum Gasteiger partial charge on any atom is -0.491 e. The lowest BCUT2D eigenvalue weighted by Crippen LogP contribution is -2.36. The Labute approximate surface area is 118 Å². The molecular formula is C14H20N2O4. The molecule has 0 aliphatic heterocycles. The molecule has 0 fully saturated rings. The lowest BCUT2D eigenvalue weighted by molar-refractivity contribution is -0.128. The molecule has 110 valence electrons. The molecule has 0 spiro atoms. The Bertz CT molecular complexity index is 462. The van der Waals surface area contributed by atoms with Gasteiger partial charge in [0.15, 0.2) is 0 Å². The van der Waals surface area contributed by atoms with E-state index >= 15 is 0 Å². The number of hydrogen-bond acceptors (Lipinski definition) is 4. The van der Waals surface area contributed by atoms with Crippen LogP contribution in [0.4, 0.5) is 0 Å². The standard InChI is InChI=1S/C14H20N2O4/c1-3-16(2)13(17)10-15-8-9-20-12-7-5-4-6-11(12)14(18)19/h4-7,15H,3,8-10H2,1-2H3,(H,18,19). The van der Waals surface area contributed by atoms with Crippen LogP contribution in [0, 0.1) is 0 Å². The van der Waals surface area contributed by atoms with Crippen LogP contribution in [0.2, 0.25) is 0 Å². The van der Waals surface area contributed by atoms with E-state index in [1.807, 2.05) is 6.92 Å². The molecule has 1 rings (SSSR count). The van der Waals surface area contributed by atoms with Crippen molar-refractivity contribution in [1.29, 1.82) is 0 Å². The van der Waals surface area contributed by atoms with Crippen molar-refractivity contribution in [1.82, 2.24) is 10.2 Å². The average Bonchev–Trinajstić information content (AvgIpc) is 2.46. The summed E-state index contributed by atoms with van der Waals surface area (Å²) in [5.41, 5.74) is 0.134. The van der Waals surface area contributed by atoms with E-state index in [2.05, 4.69) is 5.32 Å². The Balaban J connectivity index is 2.32. The van der Waals surface area contributed by atoms with Gasteiger partial charge in [0, 0.05) is 20.1 Å². The molecule has 0 saturated heterocycles. The lowest BCUT2D eigenvalue weighted by atomic mass is 10.2. The number of nitrogens with one attached hydrogen (secondary N) is 1. The maximum atomic E-state index is 11.5. The second-order valence-electron chi connectivity index (χ2n) is 4.23. The number of ether oxygens (including phenoxy) is 1. The van der Waals surface area contributed by atoms with E-state index in [1.54, 1.807) is 30.1 Å². The van der Waals surface area contributed by atoms with Crippen LogP contribution in [0.1, 0.15) is 17.3 Å². The van der Waals surface area contributed by atoms with Crippen LogP contribution in [0.5, 0.6) is 5.75 Å².